The maximum Gasteiger partial charge on any atom is 0 e. The summed E-state index contributed by atoms with van der Waals surface area (Å²) in [4.78, 5) is 0. The van der Waals surface area contributed by atoms with Gasteiger partial charge in [0.2, 0.25) is 0 Å². The average Bonchev–Trinajstić information content (AvgIpc) is 1.00. The van der Waals surface area contributed by atoms with E-state index in [0.717, 1.165) is 0 Å². The number of rotatable bonds is 0. The van der Waals surface area contributed by atoms with Crippen LogP contribution in [0.5, 0.6) is 0 Å². The van der Waals surface area contributed by atoms with Gasteiger partial charge in [0.1, 0.15) is 0 Å². The standard InChI is InChI=1S/Ba.Ce.Ni.O.Zr.2H/q+2;;;;;2*-1. The van der Waals surface area contributed by atoms with Crippen LogP contribution in [0, 0.1) is 41.7 Å². The predicted octanol–water partition coefficient (Wildman–Crippen LogP) is -0.280. The van der Waals surface area contributed by atoms with Crippen molar-refractivity contribution in [2.45, 2.75) is 0 Å². The van der Waals surface area contributed by atoms with E-state index >= 15 is 0 Å². The quantitative estimate of drug-likeness (QED) is 0.469. The number of hydrogen-bond donors (Lipinski definition) is 0. The fourth-order valence-corrected chi connectivity index (χ4v) is 0. The molecule has 0 aromatic heterocycles. The largest absolute Gasteiger partial charge is 0 e. The van der Waals surface area contributed by atoms with Gasteiger partial charge in [-0.25, -0.2) is 0 Å². The Hall–Kier alpha value is 4.12. The molecule has 0 aliphatic heterocycles. The minimum Gasteiger partial charge on any atom is 0 e. The molecule has 0 fully saturated rings. The minimum absolute atomic E-state index is 0. The average molecular weight is 445 g/mol. The summed E-state index contributed by atoms with van der Waals surface area (Å²) in [5.41, 5.74) is 0. The van der Waals surface area contributed by atoms with E-state index < -0.39 is 0 Å². The molecule has 0 unspecified atom stereocenters. The van der Waals surface area contributed by atoms with E-state index in [0.29, 0.717) is 0 Å². The molecule has 0 saturated carbocycles. The molecule has 5 heteroatoms. The van der Waals surface area contributed by atoms with Gasteiger partial charge in [-0.1, -0.05) is 0 Å². The summed E-state index contributed by atoms with van der Waals surface area (Å²) in [6.45, 7) is 0. The summed E-state index contributed by atoms with van der Waals surface area (Å²) in [7, 11) is 0. The Labute approximate surface area is 135 Å². The van der Waals surface area contributed by atoms with Crippen molar-refractivity contribution in [2.24, 2.45) is 0 Å². The van der Waals surface area contributed by atoms with E-state index in [9.17, 15) is 0 Å². The molecule has 0 radical (unpaired) electrons. The molecule has 28 valence electrons. The monoisotopic (exact) mass is 444 g/mol. The first kappa shape index (κ1) is 22.9. The molecule has 0 N–H and O–H groups in total. The first-order valence-electron chi connectivity index (χ1n) is 0.129. The Morgan fingerprint density at radius 3 is 1.40 bits per heavy atom. The Morgan fingerprint density at radius 2 is 1.40 bits per heavy atom. The van der Waals surface area contributed by atoms with E-state index in [1.807, 2.05) is 0 Å². The van der Waals surface area contributed by atoms with Crippen LogP contribution in [0.3, 0.4) is 0 Å². The molecule has 1 nitrogen and oxygen atoms in total. The third kappa shape index (κ3) is 17.9. The zero-order chi connectivity index (χ0) is 2.00. The zero-order valence-electron chi connectivity index (χ0n) is 4.43. The van der Waals surface area contributed by atoms with Crippen LogP contribution in [0.25, 0.3) is 0 Å². The molecule has 0 amide bonds. The van der Waals surface area contributed by atoms with Crippen LogP contribution in [0.2, 0.25) is 0 Å². The molecule has 0 aliphatic carbocycles. The maximum atomic E-state index is 7.88. The van der Waals surface area contributed by atoms with Crippen LogP contribution >= 0.6 is 0 Å². The molecule has 0 heterocycles. The molecule has 0 aromatic rings. The first-order valence-corrected chi connectivity index (χ1v) is 0.532. The van der Waals surface area contributed by atoms with Crippen LogP contribution in [0.15, 0.2) is 0 Å². The van der Waals surface area contributed by atoms with E-state index in [1.54, 1.807) is 0 Å². The summed E-state index contributed by atoms with van der Waals surface area (Å²) < 4.78 is 7.88. The predicted molar refractivity (Wildman–Crippen MR) is 8.66 cm³/mol. The minimum atomic E-state index is 0. The van der Waals surface area contributed by atoms with Gasteiger partial charge in [0.25, 0.3) is 0 Å². The van der Waals surface area contributed by atoms with Crippen molar-refractivity contribution in [3.8, 4) is 0 Å². The summed E-state index contributed by atoms with van der Waals surface area (Å²) in [6, 6.07) is 0. The van der Waals surface area contributed by atoms with Crippen molar-refractivity contribution < 1.29 is 90.1 Å². The van der Waals surface area contributed by atoms with Gasteiger partial charge in [-0.3, -0.25) is 0 Å². The Bertz CT molecular complexity index is 17.7. The van der Waals surface area contributed by atoms with Gasteiger partial charge in [0.05, 0.1) is 0 Å². The van der Waals surface area contributed by atoms with Gasteiger partial charge in [-0.05, 0) is 0 Å². The second kappa shape index (κ2) is 24.2. The summed E-state index contributed by atoms with van der Waals surface area (Å²) in [5, 5.41) is 0. The Kier molecular flexibility index (Phi) is 111. The fourth-order valence-electron chi connectivity index (χ4n) is 0. The SMILES string of the molecule is [Ba+2].[Ce].[H-].[H-].[O]=[Ni].[Zr]. The summed E-state index contributed by atoms with van der Waals surface area (Å²) in [5.74, 6) is 0. The van der Waals surface area contributed by atoms with Gasteiger partial charge in [-0.2, -0.15) is 0 Å². The molecule has 0 atom stereocenters. The molecule has 0 bridgehead atoms. The third-order valence-corrected chi connectivity index (χ3v) is 0. The van der Waals surface area contributed by atoms with Gasteiger partial charge in [0.15, 0.2) is 0 Å². The first-order chi connectivity index (χ1) is 1.00. The zero-order valence-corrected chi connectivity index (χ0v) is 13.5. The van der Waals surface area contributed by atoms with Crippen molar-refractivity contribution in [3.63, 3.8) is 0 Å². The Morgan fingerprint density at radius 1 is 1.40 bits per heavy atom. The molecule has 0 aliphatic rings. The van der Waals surface area contributed by atoms with Gasteiger partial charge >= 0.3 is 68.2 Å². The second-order valence-corrected chi connectivity index (χ2v) is 0. The maximum absolute atomic E-state index is 7.88. The fraction of sp³-hybridized carbons (Fsp3) is 0. The van der Waals surface area contributed by atoms with Crippen molar-refractivity contribution in [3.05, 3.63) is 0 Å². The molecular weight excluding hydrogens is 443 g/mol. The summed E-state index contributed by atoms with van der Waals surface area (Å²) >= 11 is 2.62. The number of hydrogen-bond acceptors (Lipinski definition) is 1. The molecule has 5 heavy (non-hydrogen) atoms. The van der Waals surface area contributed by atoms with E-state index in [1.165, 1.54) is 0 Å². The van der Waals surface area contributed by atoms with Crippen LogP contribution in [-0.2, 0) is 45.5 Å². The van der Waals surface area contributed by atoms with Gasteiger partial charge < -0.3 is 2.85 Å². The van der Waals surface area contributed by atoms with E-state index in [2.05, 4.69) is 15.4 Å². The molecule has 0 aromatic carbocycles. The van der Waals surface area contributed by atoms with Gasteiger partial charge in [0, 0.05) is 68.0 Å². The van der Waals surface area contributed by atoms with Crippen LogP contribution in [0.4, 0.5) is 0 Å². The molecular formula is H2BaCeNiOZr. The topological polar surface area (TPSA) is 17.1 Å². The van der Waals surface area contributed by atoms with Crippen LogP contribution in [-0.4, -0.2) is 48.9 Å². The van der Waals surface area contributed by atoms with Crippen molar-refractivity contribution in [1.82, 2.24) is 0 Å². The van der Waals surface area contributed by atoms with Crippen molar-refractivity contribution in [2.75, 3.05) is 0 Å². The summed E-state index contributed by atoms with van der Waals surface area (Å²) in [6.07, 6.45) is 0. The Balaban J connectivity index is -0.000000000500. The second-order valence-electron chi connectivity index (χ2n) is 0. The van der Waals surface area contributed by atoms with Gasteiger partial charge in [-0.15, -0.1) is 0 Å². The van der Waals surface area contributed by atoms with Crippen LogP contribution in [0.1, 0.15) is 2.85 Å². The normalized spacial score (nSPS) is 1.20. The van der Waals surface area contributed by atoms with Crippen molar-refractivity contribution >= 4 is 48.9 Å². The molecule has 0 spiro atoms. The van der Waals surface area contributed by atoms with Crippen molar-refractivity contribution in [1.29, 1.82) is 0 Å². The smallest absolute Gasteiger partial charge is 0 e. The molecule has 0 saturated heterocycles. The third-order valence-electron chi connectivity index (χ3n) is 0. The van der Waals surface area contributed by atoms with E-state index in [-0.39, 0.29) is 120 Å². The van der Waals surface area contributed by atoms with Crippen LogP contribution < -0.4 is 0 Å². The van der Waals surface area contributed by atoms with E-state index in [4.69, 9.17) is 3.90 Å². The molecule has 0 rings (SSSR count).